The maximum Gasteiger partial charge on any atom is 0.344 e. The number of fused-ring (bicyclic) bond motifs is 3. The number of morpholine rings is 1. The SMILES string of the molecule is CCCCC/C=C1/c2oc(N3CCOCC3)c(C(=O)OC)c2-c2ccccc2N1C1CC(=O)N(c2ccccc2)C1=O. The molecule has 42 heavy (non-hydrogen) atoms. The third-order valence-corrected chi connectivity index (χ3v) is 8.10. The lowest BCUT2D eigenvalue weighted by atomic mass is 9.91. The Morgan fingerprint density at radius 2 is 1.76 bits per heavy atom. The van der Waals surface area contributed by atoms with Gasteiger partial charge in [-0.2, -0.15) is 0 Å². The van der Waals surface area contributed by atoms with Crippen molar-refractivity contribution in [3.63, 3.8) is 0 Å². The normalized spacial score (nSPS) is 19.3. The van der Waals surface area contributed by atoms with Gasteiger partial charge in [0.1, 0.15) is 11.6 Å². The molecule has 1 unspecified atom stereocenters. The second-order valence-electron chi connectivity index (χ2n) is 10.7. The van der Waals surface area contributed by atoms with Gasteiger partial charge >= 0.3 is 5.97 Å². The minimum Gasteiger partial charge on any atom is -0.465 e. The zero-order valence-electron chi connectivity index (χ0n) is 24.0. The number of para-hydroxylation sites is 2. The van der Waals surface area contributed by atoms with Gasteiger partial charge < -0.3 is 23.7 Å². The van der Waals surface area contributed by atoms with Crippen molar-refractivity contribution in [2.24, 2.45) is 0 Å². The van der Waals surface area contributed by atoms with Crippen molar-refractivity contribution in [3.8, 4) is 11.1 Å². The van der Waals surface area contributed by atoms with Crippen LogP contribution in [0.2, 0.25) is 0 Å². The number of hydrogen-bond donors (Lipinski definition) is 0. The maximum atomic E-state index is 14.0. The lowest BCUT2D eigenvalue weighted by molar-refractivity contribution is -0.121. The highest BCUT2D eigenvalue weighted by atomic mass is 16.5. The molecule has 0 aliphatic carbocycles. The summed E-state index contributed by atoms with van der Waals surface area (Å²) < 4.78 is 17.5. The number of unbranched alkanes of at least 4 members (excludes halogenated alkanes) is 3. The molecule has 9 heteroatoms. The first-order chi connectivity index (χ1) is 20.5. The van der Waals surface area contributed by atoms with E-state index < -0.39 is 12.0 Å². The van der Waals surface area contributed by atoms with E-state index in [1.165, 1.54) is 12.0 Å². The summed E-state index contributed by atoms with van der Waals surface area (Å²) in [5, 5.41) is 0. The highest BCUT2D eigenvalue weighted by molar-refractivity contribution is 6.25. The fraction of sp³-hybridized carbons (Fsp3) is 0.364. The molecular formula is C33H35N3O6. The molecule has 0 radical (unpaired) electrons. The highest BCUT2D eigenvalue weighted by Gasteiger charge is 2.48. The Labute approximate surface area is 245 Å². The van der Waals surface area contributed by atoms with Crippen LogP contribution < -0.4 is 14.7 Å². The second-order valence-corrected chi connectivity index (χ2v) is 10.7. The fourth-order valence-electron chi connectivity index (χ4n) is 6.10. The number of carbonyl (C=O) groups excluding carboxylic acids is 3. The average molecular weight is 570 g/mol. The summed E-state index contributed by atoms with van der Waals surface area (Å²) in [6, 6.07) is 15.9. The van der Waals surface area contributed by atoms with Crippen molar-refractivity contribution in [3.05, 3.63) is 72.0 Å². The molecule has 0 bridgehead atoms. The van der Waals surface area contributed by atoms with Crippen molar-refractivity contribution in [1.29, 1.82) is 0 Å². The number of imide groups is 1. The van der Waals surface area contributed by atoms with Crippen LogP contribution in [0.5, 0.6) is 0 Å². The van der Waals surface area contributed by atoms with Crippen molar-refractivity contribution < 1.29 is 28.3 Å². The fourth-order valence-corrected chi connectivity index (χ4v) is 6.10. The van der Waals surface area contributed by atoms with Gasteiger partial charge in [0, 0.05) is 24.2 Å². The van der Waals surface area contributed by atoms with Crippen LogP contribution >= 0.6 is 0 Å². The van der Waals surface area contributed by atoms with E-state index in [0.717, 1.165) is 36.9 Å². The van der Waals surface area contributed by atoms with Crippen molar-refractivity contribution in [2.75, 3.05) is 48.1 Å². The van der Waals surface area contributed by atoms with Crippen LogP contribution in [-0.4, -0.2) is 57.2 Å². The third kappa shape index (κ3) is 4.77. The quantitative estimate of drug-likeness (QED) is 0.195. The maximum absolute atomic E-state index is 14.0. The average Bonchev–Trinajstić information content (AvgIpc) is 3.57. The summed E-state index contributed by atoms with van der Waals surface area (Å²) >= 11 is 0. The molecule has 0 spiro atoms. The topological polar surface area (TPSA) is 92.5 Å². The van der Waals surface area contributed by atoms with Crippen LogP contribution in [0.3, 0.4) is 0 Å². The Morgan fingerprint density at radius 3 is 2.50 bits per heavy atom. The number of furan rings is 1. The molecule has 3 aliphatic rings. The zero-order valence-corrected chi connectivity index (χ0v) is 24.0. The Bertz CT molecular complexity index is 1520. The van der Waals surface area contributed by atoms with Gasteiger partial charge in [-0.15, -0.1) is 0 Å². The summed E-state index contributed by atoms with van der Waals surface area (Å²) in [5.41, 5.74) is 3.74. The number of methoxy groups -OCH3 is 1. The molecular weight excluding hydrogens is 534 g/mol. The van der Waals surface area contributed by atoms with E-state index in [1.807, 2.05) is 52.3 Å². The van der Waals surface area contributed by atoms with Crippen molar-refractivity contribution in [1.82, 2.24) is 0 Å². The summed E-state index contributed by atoms with van der Waals surface area (Å²) in [6.07, 6.45) is 5.93. The minimum atomic E-state index is -0.775. The van der Waals surface area contributed by atoms with Gasteiger partial charge in [0.05, 0.1) is 43.8 Å². The largest absolute Gasteiger partial charge is 0.465 e. The molecule has 2 amide bonds. The number of benzene rings is 2. The highest BCUT2D eigenvalue weighted by Crippen LogP contribution is 2.52. The number of esters is 1. The van der Waals surface area contributed by atoms with E-state index in [0.29, 0.717) is 60.5 Å². The molecule has 1 atom stereocenters. The molecule has 6 rings (SSSR count). The van der Waals surface area contributed by atoms with Crippen LogP contribution in [0, 0.1) is 0 Å². The molecule has 4 heterocycles. The number of carbonyl (C=O) groups is 3. The van der Waals surface area contributed by atoms with Crippen LogP contribution in [0.1, 0.15) is 55.1 Å². The van der Waals surface area contributed by atoms with Crippen molar-refractivity contribution >= 4 is 40.7 Å². The van der Waals surface area contributed by atoms with Crippen LogP contribution in [-0.2, 0) is 19.1 Å². The molecule has 218 valence electrons. The Morgan fingerprint density at radius 1 is 1.02 bits per heavy atom. The van der Waals surface area contributed by atoms with E-state index in [9.17, 15) is 14.4 Å². The molecule has 0 N–H and O–H groups in total. The van der Waals surface area contributed by atoms with Crippen molar-refractivity contribution in [2.45, 2.75) is 45.1 Å². The number of ether oxygens (including phenoxy) is 2. The van der Waals surface area contributed by atoms with E-state index in [-0.39, 0.29) is 18.2 Å². The lowest BCUT2D eigenvalue weighted by Crippen LogP contribution is -2.42. The van der Waals surface area contributed by atoms with Gasteiger partial charge in [0.15, 0.2) is 5.76 Å². The molecule has 3 aliphatic heterocycles. The van der Waals surface area contributed by atoms with Gasteiger partial charge in [-0.1, -0.05) is 62.2 Å². The third-order valence-electron chi connectivity index (χ3n) is 8.10. The van der Waals surface area contributed by atoms with E-state index in [2.05, 4.69) is 13.0 Å². The molecule has 3 aromatic rings. The Kier molecular flexibility index (Phi) is 7.84. The predicted molar refractivity (Wildman–Crippen MR) is 160 cm³/mol. The second kappa shape index (κ2) is 11.9. The standard InChI is InChI=1S/C33H35N3O6/c1-3-4-5-9-16-25-30-28(29(33(39)40-2)32(42-30)34-17-19-41-20-18-34)23-14-10-11-15-24(23)36(25)26-21-27(37)35(31(26)38)22-12-7-6-8-13-22/h6-8,10-16,26H,3-5,9,17-21H2,1-2H3/b25-16-. The van der Waals surface area contributed by atoms with Crippen LogP contribution in [0.4, 0.5) is 17.3 Å². The number of nitrogens with zero attached hydrogens (tertiary/aromatic N) is 3. The molecule has 2 fully saturated rings. The van der Waals surface area contributed by atoms with Crippen LogP contribution in [0.15, 0.2) is 65.1 Å². The number of amides is 2. The van der Waals surface area contributed by atoms with Crippen LogP contribution in [0.25, 0.3) is 16.8 Å². The lowest BCUT2D eigenvalue weighted by Gasteiger charge is -2.36. The zero-order chi connectivity index (χ0) is 29.2. The number of anilines is 3. The first kappa shape index (κ1) is 27.8. The summed E-state index contributed by atoms with van der Waals surface area (Å²) in [5.74, 6) is -0.0977. The van der Waals surface area contributed by atoms with Gasteiger partial charge in [-0.3, -0.25) is 9.59 Å². The van der Waals surface area contributed by atoms with E-state index in [1.54, 1.807) is 12.1 Å². The molecule has 9 nitrogen and oxygen atoms in total. The van der Waals surface area contributed by atoms with E-state index in [4.69, 9.17) is 13.9 Å². The first-order valence-electron chi connectivity index (χ1n) is 14.6. The van der Waals surface area contributed by atoms with Gasteiger partial charge in [0.2, 0.25) is 11.8 Å². The summed E-state index contributed by atoms with van der Waals surface area (Å²) in [7, 11) is 1.37. The first-order valence-corrected chi connectivity index (χ1v) is 14.6. The molecule has 0 saturated carbocycles. The molecule has 2 aromatic carbocycles. The summed E-state index contributed by atoms with van der Waals surface area (Å²) in [4.78, 5) is 46.0. The monoisotopic (exact) mass is 569 g/mol. The Hall–Kier alpha value is -4.37. The predicted octanol–water partition coefficient (Wildman–Crippen LogP) is 5.64. The molecule has 1 aromatic heterocycles. The van der Waals surface area contributed by atoms with Gasteiger partial charge in [-0.05, 0) is 31.0 Å². The van der Waals surface area contributed by atoms with E-state index >= 15 is 0 Å². The smallest absolute Gasteiger partial charge is 0.344 e. The Balaban J connectivity index is 1.53. The number of hydrogen-bond acceptors (Lipinski definition) is 8. The minimum absolute atomic E-state index is 0.0184. The molecule has 2 saturated heterocycles. The summed E-state index contributed by atoms with van der Waals surface area (Å²) in [6.45, 7) is 4.32. The number of allylic oxidation sites excluding steroid dienone is 1. The number of rotatable bonds is 8. The van der Waals surface area contributed by atoms with Gasteiger partial charge in [0.25, 0.3) is 5.91 Å². The van der Waals surface area contributed by atoms with Gasteiger partial charge in [-0.25, -0.2) is 9.69 Å².